The van der Waals surface area contributed by atoms with E-state index in [2.05, 4.69) is 20.3 Å². The van der Waals surface area contributed by atoms with Gasteiger partial charge in [-0.15, -0.1) is 11.3 Å². The Morgan fingerprint density at radius 1 is 1.26 bits per heavy atom. The second-order valence-corrected chi connectivity index (χ2v) is 5.06. The Hall–Kier alpha value is -2.21. The van der Waals surface area contributed by atoms with Crippen molar-refractivity contribution in [3.63, 3.8) is 0 Å². The van der Waals surface area contributed by atoms with Crippen LogP contribution in [0.2, 0.25) is 0 Å². The Balaban J connectivity index is 1.83. The predicted molar refractivity (Wildman–Crippen MR) is 78.1 cm³/mol. The second-order valence-electron chi connectivity index (χ2n) is 4.17. The second kappa shape index (κ2) is 4.81. The van der Waals surface area contributed by atoms with Gasteiger partial charge in [0.05, 0.1) is 33.8 Å². The standard InChI is InChI=1S/C13H13N5S/c1-8-15-5-4-9(18-8)6-16-10-2-3-11-13(12(10)14)17-7-19-11/h2-5,7,16H,6,14H2,1H3. The van der Waals surface area contributed by atoms with E-state index < -0.39 is 0 Å². The summed E-state index contributed by atoms with van der Waals surface area (Å²) >= 11 is 1.59. The minimum absolute atomic E-state index is 0.614. The number of thiazole rings is 1. The lowest BCUT2D eigenvalue weighted by Crippen LogP contribution is -2.05. The van der Waals surface area contributed by atoms with Crippen LogP contribution in [0.15, 0.2) is 29.9 Å². The zero-order valence-corrected chi connectivity index (χ0v) is 11.2. The first-order valence-electron chi connectivity index (χ1n) is 5.88. The Morgan fingerprint density at radius 2 is 2.16 bits per heavy atom. The average molecular weight is 271 g/mol. The van der Waals surface area contributed by atoms with Gasteiger partial charge in [-0.25, -0.2) is 15.0 Å². The number of nitrogens with two attached hydrogens (primary N) is 1. The lowest BCUT2D eigenvalue weighted by molar-refractivity contribution is 0.956. The van der Waals surface area contributed by atoms with Crippen LogP contribution in [0.5, 0.6) is 0 Å². The predicted octanol–water partition coefficient (Wildman–Crippen LogP) is 2.59. The molecule has 0 aliphatic heterocycles. The van der Waals surface area contributed by atoms with Crippen LogP contribution in [0.1, 0.15) is 11.5 Å². The van der Waals surface area contributed by atoms with Gasteiger partial charge < -0.3 is 11.1 Å². The molecule has 0 aliphatic carbocycles. The van der Waals surface area contributed by atoms with Crippen molar-refractivity contribution in [2.45, 2.75) is 13.5 Å². The van der Waals surface area contributed by atoms with E-state index in [4.69, 9.17) is 5.73 Å². The summed E-state index contributed by atoms with van der Waals surface area (Å²) in [6.45, 7) is 2.49. The summed E-state index contributed by atoms with van der Waals surface area (Å²) in [7, 11) is 0. The Morgan fingerprint density at radius 3 is 3.00 bits per heavy atom. The number of nitrogen functional groups attached to an aromatic ring is 1. The fraction of sp³-hybridized carbons (Fsp3) is 0.154. The van der Waals surface area contributed by atoms with Gasteiger partial charge in [0.25, 0.3) is 0 Å². The smallest absolute Gasteiger partial charge is 0.125 e. The van der Waals surface area contributed by atoms with Crippen LogP contribution in [-0.2, 0) is 6.54 Å². The van der Waals surface area contributed by atoms with Gasteiger partial charge in [0.2, 0.25) is 0 Å². The summed E-state index contributed by atoms with van der Waals surface area (Å²) < 4.78 is 1.10. The third-order valence-electron chi connectivity index (χ3n) is 2.84. The highest BCUT2D eigenvalue weighted by Crippen LogP contribution is 2.30. The molecule has 2 heterocycles. The highest BCUT2D eigenvalue weighted by Gasteiger charge is 2.06. The van der Waals surface area contributed by atoms with Crippen LogP contribution in [0.25, 0.3) is 10.2 Å². The zero-order valence-electron chi connectivity index (χ0n) is 10.4. The molecule has 3 aromatic rings. The van der Waals surface area contributed by atoms with Gasteiger partial charge in [-0.2, -0.15) is 0 Å². The Labute approximate surface area is 114 Å². The van der Waals surface area contributed by atoms with Crippen molar-refractivity contribution >= 4 is 32.9 Å². The van der Waals surface area contributed by atoms with Gasteiger partial charge in [0.1, 0.15) is 11.3 Å². The summed E-state index contributed by atoms with van der Waals surface area (Å²) in [6, 6.07) is 5.89. The average Bonchev–Trinajstić information content (AvgIpc) is 2.87. The van der Waals surface area contributed by atoms with Gasteiger partial charge in [0, 0.05) is 6.20 Å². The maximum absolute atomic E-state index is 6.11. The van der Waals surface area contributed by atoms with Crippen molar-refractivity contribution in [3.8, 4) is 0 Å². The van der Waals surface area contributed by atoms with Gasteiger partial charge in [-0.05, 0) is 25.1 Å². The topological polar surface area (TPSA) is 76.7 Å². The van der Waals surface area contributed by atoms with Crippen molar-refractivity contribution in [1.29, 1.82) is 0 Å². The SMILES string of the molecule is Cc1nccc(CNc2ccc3scnc3c2N)n1. The van der Waals surface area contributed by atoms with Crippen molar-refractivity contribution in [1.82, 2.24) is 15.0 Å². The third-order valence-corrected chi connectivity index (χ3v) is 3.63. The van der Waals surface area contributed by atoms with E-state index >= 15 is 0 Å². The third kappa shape index (κ3) is 2.34. The minimum atomic E-state index is 0.614. The van der Waals surface area contributed by atoms with Crippen molar-refractivity contribution in [2.24, 2.45) is 0 Å². The van der Waals surface area contributed by atoms with Crippen molar-refractivity contribution in [2.75, 3.05) is 11.1 Å². The molecule has 96 valence electrons. The number of aryl methyl sites for hydroxylation is 1. The molecule has 0 spiro atoms. The maximum atomic E-state index is 6.11. The molecule has 5 nitrogen and oxygen atoms in total. The molecule has 3 N–H and O–H groups in total. The number of rotatable bonds is 3. The summed E-state index contributed by atoms with van der Waals surface area (Å²) in [6.07, 6.45) is 1.76. The fourth-order valence-electron chi connectivity index (χ4n) is 1.90. The Bertz CT molecular complexity index is 722. The highest BCUT2D eigenvalue weighted by atomic mass is 32.1. The van der Waals surface area contributed by atoms with E-state index in [0.717, 1.165) is 27.4 Å². The van der Waals surface area contributed by atoms with E-state index in [-0.39, 0.29) is 0 Å². The van der Waals surface area contributed by atoms with Gasteiger partial charge in [0.15, 0.2) is 0 Å². The molecular weight excluding hydrogens is 258 g/mol. The summed E-state index contributed by atoms with van der Waals surface area (Å²) in [5, 5.41) is 3.29. The van der Waals surface area contributed by atoms with Crippen LogP contribution in [-0.4, -0.2) is 15.0 Å². The van der Waals surface area contributed by atoms with Crippen LogP contribution in [0, 0.1) is 6.92 Å². The monoisotopic (exact) mass is 271 g/mol. The number of hydrogen-bond acceptors (Lipinski definition) is 6. The lowest BCUT2D eigenvalue weighted by atomic mass is 10.2. The Kier molecular flexibility index (Phi) is 3.00. The summed E-state index contributed by atoms with van der Waals surface area (Å²) in [4.78, 5) is 12.7. The molecule has 2 aromatic heterocycles. The lowest BCUT2D eigenvalue weighted by Gasteiger charge is -2.09. The van der Waals surface area contributed by atoms with E-state index in [0.29, 0.717) is 12.2 Å². The van der Waals surface area contributed by atoms with Crippen LogP contribution < -0.4 is 11.1 Å². The number of fused-ring (bicyclic) bond motifs is 1. The number of hydrogen-bond donors (Lipinski definition) is 2. The number of aromatic nitrogens is 3. The van der Waals surface area contributed by atoms with E-state index in [9.17, 15) is 0 Å². The first-order chi connectivity index (χ1) is 9.24. The van der Waals surface area contributed by atoms with Crippen LogP contribution in [0.4, 0.5) is 11.4 Å². The molecular formula is C13H13N5S. The van der Waals surface area contributed by atoms with Gasteiger partial charge in [-0.1, -0.05) is 0 Å². The van der Waals surface area contributed by atoms with Crippen LogP contribution in [0.3, 0.4) is 0 Å². The molecule has 0 saturated heterocycles. The molecule has 1 aromatic carbocycles. The maximum Gasteiger partial charge on any atom is 0.125 e. The molecule has 0 fully saturated rings. The van der Waals surface area contributed by atoms with Crippen molar-refractivity contribution < 1.29 is 0 Å². The molecule has 0 aliphatic rings. The summed E-state index contributed by atoms with van der Waals surface area (Å²) in [5.74, 6) is 0.766. The molecule has 0 radical (unpaired) electrons. The number of anilines is 2. The molecule has 0 saturated carbocycles. The first kappa shape index (κ1) is 11.9. The zero-order chi connectivity index (χ0) is 13.2. The largest absolute Gasteiger partial charge is 0.395 e. The van der Waals surface area contributed by atoms with Crippen molar-refractivity contribution in [3.05, 3.63) is 41.4 Å². The van der Waals surface area contributed by atoms with Gasteiger partial charge in [-0.3, -0.25) is 0 Å². The molecule has 0 amide bonds. The van der Waals surface area contributed by atoms with E-state index in [1.165, 1.54) is 0 Å². The van der Waals surface area contributed by atoms with Crippen LogP contribution >= 0.6 is 11.3 Å². The molecule has 0 unspecified atom stereocenters. The number of nitrogens with one attached hydrogen (secondary N) is 1. The normalized spacial score (nSPS) is 10.8. The first-order valence-corrected chi connectivity index (χ1v) is 6.76. The van der Waals surface area contributed by atoms with E-state index in [1.54, 1.807) is 23.0 Å². The molecule has 19 heavy (non-hydrogen) atoms. The minimum Gasteiger partial charge on any atom is -0.395 e. The number of benzene rings is 1. The quantitative estimate of drug-likeness (QED) is 0.716. The van der Waals surface area contributed by atoms with E-state index in [1.807, 2.05) is 25.1 Å². The molecule has 3 rings (SSSR count). The number of nitrogens with zero attached hydrogens (tertiary/aromatic N) is 3. The fourth-order valence-corrected chi connectivity index (χ4v) is 2.59. The highest BCUT2D eigenvalue weighted by molar-refractivity contribution is 7.16. The molecule has 0 bridgehead atoms. The summed E-state index contributed by atoms with van der Waals surface area (Å²) in [5.41, 5.74) is 11.3. The molecule has 6 heteroatoms. The molecule has 0 atom stereocenters. The van der Waals surface area contributed by atoms with Gasteiger partial charge >= 0.3 is 0 Å².